The number of methoxy groups -OCH3 is 3. The molecule has 1 unspecified atom stereocenters. The number of rotatable bonds is 26. The lowest BCUT2D eigenvalue weighted by molar-refractivity contribution is -0.384. The second kappa shape index (κ2) is 26.4. The van der Waals surface area contributed by atoms with Gasteiger partial charge in [0.2, 0.25) is 0 Å². The molecule has 1 atom stereocenters. The van der Waals surface area contributed by atoms with E-state index >= 15 is 0 Å². The van der Waals surface area contributed by atoms with Crippen molar-refractivity contribution in [2.45, 2.75) is 65.6 Å². The fourth-order valence-corrected chi connectivity index (χ4v) is 9.70. The number of aryl methyl sites for hydroxylation is 2. The summed E-state index contributed by atoms with van der Waals surface area (Å²) in [7, 11) is 3.35. The quantitative estimate of drug-likeness (QED) is 0.0126. The number of nitriles is 1. The van der Waals surface area contributed by atoms with Gasteiger partial charge >= 0.3 is 0 Å². The van der Waals surface area contributed by atoms with Crippen molar-refractivity contribution in [2.75, 3.05) is 59.1 Å². The molecule has 0 heterocycles. The van der Waals surface area contributed by atoms with Gasteiger partial charge in [0.05, 0.1) is 69.9 Å². The zero-order valence-corrected chi connectivity index (χ0v) is 43.3. The van der Waals surface area contributed by atoms with E-state index in [1.807, 2.05) is 97.9 Å². The summed E-state index contributed by atoms with van der Waals surface area (Å²) in [6, 6.07) is 44.6. The monoisotopic (exact) mass is 994 g/mol. The first-order valence-corrected chi connectivity index (χ1v) is 24.8. The third-order valence-corrected chi connectivity index (χ3v) is 13.8. The number of nitro benzene ring substituents is 1. The molecule has 0 bridgehead atoms. The Labute approximate surface area is 424 Å². The fraction of sp³-hybridized carbons (Fsp3) is 0.327. The smallest absolute Gasteiger partial charge is 0.296 e. The van der Waals surface area contributed by atoms with E-state index in [4.69, 9.17) is 28.0 Å². The molecule has 16 nitrogen and oxygen atoms in total. The molecule has 0 aliphatic rings. The van der Waals surface area contributed by atoms with Crippen LogP contribution < -0.4 is 19.1 Å². The maximum atomic E-state index is 11.7. The molecular weight excluding hydrogens is 932 g/mol. The molecule has 0 fully saturated rings. The Hall–Kier alpha value is -7.12. The summed E-state index contributed by atoms with van der Waals surface area (Å²) < 4.78 is 39.1. The third-order valence-electron chi connectivity index (χ3n) is 11.7. The zero-order valence-electron chi connectivity index (χ0n) is 42.4. The predicted molar refractivity (Wildman–Crippen MR) is 282 cm³/mol. The molecule has 17 heteroatoms. The highest BCUT2D eigenvalue weighted by atomic mass is 31.2. The van der Waals surface area contributed by atoms with Gasteiger partial charge in [0.25, 0.3) is 14.2 Å². The Bertz CT molecular complexity index is 2730. The average Bonchev–Trinajstić information content (AvgIpc) is 3.39. The molecule has 0 radical (unpaired) electrons. The van der Waals surface area contributed by atoms with Crippen molar-refractivity contribution in [1.82, 2.24) is 4.67 Å². The maximum Gasteiger partial charge on any atom is 0.296 e. The Kier molecular flexibility index (Phi) is 19.9. The van der Waals surface area contributed by atoms with Gasteiger partial charge in [-0.3, -0.25) is 10.1 Å². The number of benzene rings is 6. The van der Waals surface area contributed by atoms with Crippen molar-refractivity contribution in [3.63, 3.8) is 0 Å². The molecular formula is C55H63N8O8P. The van der Waals surface area contributed by atoms with Gasteiger partial charge in [0.15, 0.2) is 5.69 Å². The van der Waals surface area contributed by atoms with Crippen molar-refractivity contribution in [1.29, 1.82) is 5.26 Å². The van der Waals surface area contributed by atoms with E-state index in [-0.39, 0.29) is 36.5 Å². The summed E-state index contributed by atoms with van der Waals surface area (Å²) >= 11 is 0. The molecule has 0 saturated heterocycles. The highest BCUT2D eigenvalue weighted by molar-refractivity contribution is 7.44. The second-order valence-corrected chi connectivity index (χ2v) is 18.6. The minimum Gasteiger partial charge on any atom is -0.497 e. The molecule has 0 aliphatic heterocycles. The fourth-order valence-electron chi connectivity index (χ4n) is 8.12. The number of azo groups is 2. The molecule has 72 heavy (non-hydrogen) atoms. The van der Waals surface area contributed by atoms with Crippen LogP contribution in [0.1, 0.15) is 61.9 Å². The molecule has 0 aromatic heterocycles. The number of anilines is 1. The highest BCUT2D eigenvalue weighted by Gasteiger charge is 2.38. The van der Waals surface area contributed by atoms with E-state index < -0.39 is 19.1 Å². The van der Waals surface area contributed by atoms with E-state index in [0.29, 0.717) is 49.1 Å². The van der Waals surface area contributed by atoms with Crippen molar-refractivity contribution < 1.29 is 32.9 Å². The van der Waals surface area contributed by atoms with Gasteiger partial charge in [0.1, 0.15) is 28.5 Å². The zero-order chi connectivity index (χ0) is 51.6. The molecule has 6 aromatic rings. The summed E-state index contributed by atoms with van der Waals surface area (Å²) in [4.78, 5) is 13.4. The topological polar surface area (TPSA) is 178 Å². The van der Waals surface area contributed by atoms with Gasteiger partial charge in [0, 0.05) is 43.0 Å². The van der Waals surface area contributed by atoms with Gasteiger partial charge in [-0.2, -0.15) is 10.4 Å². The number of hydrogen-bond acceptors (Lipinski definition) is 15. The van der Waals surface area contributed by atoms with Crippen molar-refractivity contribution in [3.8, 4) is 23.3 Å². The average molecular weight is 995 g/mol. The molecule has 376 valence electrons. The van der Waals surface area contributed by atoms with Crippen molar-refractivity contribution in [2.24, 2.45) is 20.5 Å². The van der Waals surface area contributed by atoms with Crippen LogP contribution in [-0.2, 0) is 19.4 Å². The first kappa shape index (κ1) is 54.2. The van der Waals surface area contributed by atoms with E-state index in [9.17, 15) is 15.4 Å². The predicted octanol–water partition coefficient (Wildman–Crippen LogP) is 14.2. The second-order valence-electron chi connectivity index (χ2n) is 17.2. The molecule has 6 rings (SSSR count). The molecule has 0 spiro atoms. The van der Waals surface area contributed by atoms with Crippen molar-refractivity contribution in [3.05, 3.63) is 171 Å². The van der Waals surface area contributed by atoms with Crippen LogP contribution in [0.3, 0.4) is 0 Å². The summed E-state index contributed by atoms with van der Waals surface area (Å²) in [5.41, 5.74) is 5.69. The van der Waals surface area contributed by atoms with Gasteiger partial charge in [-0.25, -0.2) is 4.67 Å². The summed E-state index contributed by atoms with van der Waals surface area (Å²) in [6.45, 7) is 13.9. The number of nitro groups is 1. The van der Waals surface area contributed by atoms with Crippen LogP contribution >= 0.6 is 8.53 Å². The molecule has 0 saturated carbocycles. The molecule has 0 N–H and O–H groups in total. The first-order valence-electron chi connectivity index (χ1n) is 23.6. The molecule has 6 aromatic carbocycles. The Morgan fingerprint density at radius 1 is 0.653 bits per heavy atom. The van der Waals surface area contributed by atoms with Gasteiger partial charge in [-0.1, -0.05) is 60.7 Å². The van der Waals surface area contributed by atoms with Gasteiger partial charge < -0.3 is 32.9 Å². The number of hydrogen-bond donors (Lipinski definition) is 0. The first-order chi connectivity index (χ1) is 34.8. The number of nitrogens with zero attached hydrogens (tertiary/aromatic N) is 8. The maximum absolute atomic E-state index is 11.7. The van der Waals surface area contributed by atoms with Crippen LogP contribution in [0.2, 0.25) is 0 Å². The van der Waals surface area contributed by atoms with Crippen LogP contribution in [0.25, 0.3) is 0 Å². The Balaban J connectivity index is 1.30. The lowest BCUT2D eigenvalue weighted by Gasteiger charge is -2.37. The highest BCUT2D eigenvalue weighted by Crippen LogP contribution is 2.46. The lowest BCUT2D eigenvalue weighted by atomic mass is 9.80. The third kappa shape index (κ3) is 13.8. The summed E-state index contributed by atoms with van der Waals surface area (Å²) in [6.07, 6.45) is 0.262. The summed E-state index contributed by atoms with van der Waals surface area (Å²) in [5.74, 6) is 1.87. The standard InChI is InChI=1S/C55H63N8O8P/c1-39(2)62(40(3)4)72(70-33-13-30-56)71-35-32-61(31-34-69-55(43-14-11-10-12-15-43,44-17-25-48(66-7)26-18-44)45-19-27-49(67-8)28-20-45)47-23-21-46(22-24-47)57-60-52-37-42(6)51(38-54(52)68-9)59-58-50-29-16-41(5)36-53(50)63(64)65/h10-12,14-29,36-40H,13,31-35H2,1-9H3. The van der Waals surface area contributed by atoms with E-state index in [2.05, 4.69) is 75.9 Å². The minimum absolute atomic E-state index is 0.129. The van der Waals surface area contributed by atoms with Crippen molar-refractivity contribution >= 4 is 42.7 Å². The van der Waals surface area contributed by atoms with Crippen LogP contribution in [0.5, 0.6) is 17.2 Å². The normalized spacial score (nSPS) is 12.2. The Morgan fingerprint density at radius 3 is 1.79 bits per heavy atom. The van der Waals surface area contributed by atoms with Crippen LogP contribution in [0.15, 0.2) is 154 Å². The van der Waals surface area contributed by atoms with E-state index in [1.54, 1.807) is 45.4 Å². The van der Waals surface area contributed by atoms with Crippen LogP contribution in [-0.4, -0.2) is 75.9 Å². The Morgan fingerprint density at radius 2 is 1.22 bits per heavy atom. The summed E-state index contributed by atoms with van der Waals surface area (Å²) in [5, 5.41) is 38.6. The van der Waals surface area contributed by atoms with Crippen LogP contribution in [0.4, 0.5) is 34.1 Å². The number of ether oxygens (including phenoxy) is 4. The minimum atomic E-state index is -1.47. The van der Waals surface area contributed by atoms with E-state index in [1.165, 1.54) is 13.2 Å². The SMILES string of the molecule is COc1ccc(C(OCCN(CCOP(OCCC#N)N(C(C)C)C(C)C)c2ccc(N=Nc3cc(C)c(N=Nc4ccc(C)cc4[N+](=O)[O-])cc3OC)cc2)(c2ccccc2)c2ccc(OC)cc2)cc1. The largest absolute Gasteiger partial charge is 0.497 e. The van der Waals surface area contributed by atoms with E-state index in [0.717, 1.165) is 45.0 Å². The van der Waals surface area contributed by atoms with Crippen LogP contribution in [0, 0.1) is 35.3 Å². The lowest BCUT2D eigenvalue weighted by Crippen LogP contribution is -2.38. The molecule has 0 aliphatic carbocycles. The van der Waals surface area contributed by atoms with Gasteiger partial charge in [-0.15, -0.1) is 15.3 Å². The van der Waals surface area contributed by atoms with Gasteiger partial charge in [-0.05, 0) is 130 Å². The molecule has 0 amide bonds.